The zero-order valence-corrected chi connectivity index (χ0v) is 10.9. The lowest BCUT2D eigenvalue weighted by molar-refractivity contribution is -0.135. The fourth-order valence-electron chi connectivity index (χ4n) is 2.51. The maximum absolute atomic E-state index is 12.1. The second kappa shape index (κ2) is 6.50. The fraction of sp³-hybridized carbons (Fsp3) is 0.923. The second-order valence-corrected chi connectivity index (χ2v) is 5.40. The number of piperidine rings is 1. The van der Waals surface area contributed by atoms with Crippen molar-refractivity contribution in [1.82, 2.24) is 4.90 Å². The summed E-state index contributed by atoms with van der Waals surface area (Å²) < 4.78 is 5.48. The van der Waals surface area contributed by atoms with Gasteiger partial charge in [0.1, 0.15) is 0 Å². The topological polar surface area (TPSA) is 75.8 Å². The highest BCUT2D eigenvalue weighted by atomic mass is 16.5. The first-order valence-electron chi connectivity index (χ1n) is 6.97. The highest BCUT2D eigenvalue weighted by Gasteiger charge is 2.31. The third kappa shape index (κ3) is 3.93. The summed E-state index contributed by atoms with van der Waals surface area (Å²) in [6.45, 7) is 1.91. The van der Waals surface area contributed by atoms with Crippen LogP contribution in [-0.2, 0) is 9.53 Å². The molecule has 2 rings (SSSR count). The molecule has 2 aliphatic rings. The zero-order chi connectivity index (χ0) is 13.0. The number of aliphatic hydroxyl groups is 1. The van der Waals surface area contributed by atoms with Crippen LogP contribution in [0.2, 0.25) is 0 Å². The van der Waals surface area contributed by atoms with Crippen molar-refractivity contribution < 1.29 is 14.6 Å². The number of hydrogen-bond acceptors (Lipinski definition) is 4. The Hall–Kier alpha value is -0.650. The van der Waals surface area contributed by atoms with Crippen molar-refractivity contribution >= 4 is 5.91 Å². The highest BCUT2D eigenvalue weighted by Crippen LogP contribution is 2.33. The number of nitrogens with two attached hydrogens (primary N) is 1. The number of carbonyl (C=O) groups excluding carboxylic acids is 1. The van der Waals surface area contributed by atoms with E-state index in [1.807, 2.05) is 4.90 Å². The number of amides is 1. The average Bonchev–Trinajstić information content (AvgIpc) is 3.20. The van der Waals surface area contributed by atoms with Crippen molar-refractivity contribution in [3.05, 3.63) is 0 Å². The summed E-state index contributed by atoms with van der Waals surface area (Å²) in [5.74, 6) is 0.789. The van der Waals surface area contributed by atoms with Crippen LogP contribution >= 0.6 is 0 Å². The lowest BCUT2D eigenvalue weighted by Gasteiger charge is -2.33. The number of nitrogens with zero attached hydrogens (tertiary/aromatic N) is 1. The molecule has 0 spiro atoms. The van der Waals surface area contributed by atoms with E-state index in [0.29, 0.717) is 12.5 Å². The first-order valence-corrected chi connectivity index (χ1v) is 6.97. The number of rotatable bonds is 6. The summed E-state index contributed by atoms with van der Waals surface area (Å²) in [4.78, 5) is 14.0. The maximum Gasteiger partial charge on any atom is 0.239 e. The molecule has 3 N–H and O–H groups in total. The second-order valence-electron chi connectivity index (χ2n) is 5.40. The van der Waals surface area contributed by atoms with Gasteiger partial charge in [-0.05, 0) is 25.2 Å². The standard InChI is InChI=1S/C13H24N2O3/c14-12(9-10-1-2-10)13(17)15-5-3-11(4-6-15)18-8-7-16/h10-12,16H,1-9,14H2/t12-/m0/s1. The molecule has 1 aliphatic heterocycles. The van der Waals surface area contributed by atoms with E-state index in [1.54, 1.807) is 0 Å². The molecule has 104 valence electrons. The van der Waals surface area contributed by atoms with E-state index >= 15 is 0 Å². The van der Waals surface area contributed by atoms with Gasteiger partial charge in [-0.2, -0.15) is 0 Å². The Morgan fingerprint density at radius 3 is 2.56 bits per heavy atom. The van der Waals surface area contributed by atoms with Crippen LogP contribution in [-0.4, -0.2) is 54.4 Å². The van der Waals surface area contributed by atoms with Gasteiger partial charge in [0.25, 0.3) is 0 Å². The lowest BCUT2D eigenvalue weighted by Crippen LogP contribution is -2.48. The van der Waals surface area contributed by atoms with Crippen LogP contribution < -0.4 is 5.73 Å². The number of likely N-dealkylation sites (tertiary alicyclic amines) is 1. The molecule has 1 atom stereocenters. The van der Waals surface area contributed by atoms with Crippen LogP contribution in [0, 0.1) is 5.92 Å². The summed E-state index contributed by atoms with van der Waals surface area (Å²) in [5, 5.41) is 8.69. The van der Waals surface area contributed by atoms with E-state index in [2.05, 4.69) is 0 Å². The van der Waals surface area contributed by atoms with Crippen LogP contribution in [0.4, 0.5) is 0 Å². The molecule has 5 nitrogen and oxygen atoms in total. The van der Waals surface area contributed by atoms with Crippen molar-refractivity contribution in [3.63, 3.8) is 0 Å². The smallest absolute Gasteiger partial charge is 0.239 e. The van der Waals surface area contributed by atoms with Gasteiger partial charge >= 0.3 is 0 Å². The quantitative estimate of drug-likeness (QED) is 0.707. The van der Waals surface area contributed by atoms with Crippen LogP contribution in [0.25, 0.3) is 0 Å². The lowest BCUT2D eigenvalue weighted by atomic mass is 10.0. The molecular weight excluding hydrogens is 232 g/mol. The predicted octanol–water partition coefficient (Wildman–Crippen LogP) is 0.114. The Kier molecular flexibility index (Phi) is 4.97. The molecule has 1 saturated carbocycles. The normalized spacial score (nSPS) is 23.1. The average molecular weight is 256 g/mol. The van der Waals surface area contributed by atoms with Gasteiger partial charge in [0.2, 0.25) is 5.91 Å². The first-order chi connectivity index (χ1) is 8.70. The Labute approximate surface area is 108 Å². The van der Waals surface area contributed by atoms with E-state index in [9.17, 15) is 4.79 Å². The minimum atomic E-state index is -0.313. The summed E-state index contributed by atoms with van der Waals surface area (Å²) in [5.41, 5.74) is 5.95. The van der Waals surface area contributed by atoms with Crippen molar-refractivity contribution in [2.75, 3.05) is 26.3 Å². The highest BCUT2D eigenvalue weighted by molar-refractivity contribution is 5.81. The Balaban J connectivity index is 1.69. The summed E-state index contributed by atoms with van der Waals surface area (Å²) >= 11 is 0. The van der Waals surface area contributed by atoms with Crippen molar-refractivity contribution in [1.29, 1.82) is 0 Å². The summed E-state index contributed by atoms with van der Waals surface area (Å²) in [7, 11) is 0. The molecule has 1 aliphatic carbocycles. The summed E-state index contributed by atoms with van der Waals surface area (Å²) in [6, 6.07) is -0.313. The molecule has 0 aromatic rings. The van der Waals surface area contributed by atoms with Gasteiger partial charge in [0, 0.05) is 13.1 Å². The predicted molar refractivity (Wildman–Crippen MR) is 68.0 cm³/mol. The van der Waals surface area contributed by atoms with Gasteiger partial charge in [0.05, 0.1) is 25.4 Å². The monoisotopic (exact) mass is 256 g/mol. The van der Waals surface area contributed by atoms with Gasteiger partial charge in [-0.3, -0.25) is 4.79 Å². The Morgan fingerprint density at radius 2 is 2.00 bits per heavy atom. The number of hydrogen-bond donors (Lipinski definition) is 2. The molecule has 18 heavy (non-hydrogen) atoms. The largest absolute Gasteiger partial charge is 0.394 e. The molecule has 0 radical (unpaired) electrons. The van der Waals surface area contributed by atoms with E-state index in [-0.39, 0.29) is 24.7 Å². The Morgan fingerprint density at radius 1 is 1.33 bits per heavy atom. The number of carbonyl (C=O) groups is 1. The van der Waals surface area contributed by atoms with E-state index in [4.69, 9.17) is 15.6 Å². The Bertz CT molecular complexity index is 273. The van der Waals surface area contributed by atoms with Gasteiger partial charge in [-0.25, -0.2) is 0 Å². The van der Waals surface area contributed by atoms with Crippen LogP contribution in [0.1, 0.15) is 32.1 Å². The van der Waals surface area contributed by atoms with Gasteiger partial charge < -0.3 is 20.5 Å². The molecule has 1 amide bonds. The first kappa shape index (κ1) is 13.8. The fourth-order valence-corrected chi connectivity index (χ4v) is 2.51. The third-order valence-corrected chi connectivity index (χ3v) is 3.80. The SMILES string of the molecule is N[C@@H](CC1CC1)C(=O)N1CCC(OCCO)CC1. The minimum Gasteiger partial charge on any atom is -0.394 e. The molecule has 0 unspecified atom stereocenters. The van der Waals surface area contributed by atoms with Crippen LogP contribution in [0.3, 0.4) is 0 Å². The molecule has 0 bridgehead atoms. The van der Waals surface area contributed by atoms with Crippen molar-refractivity contribution in [2.45, 2.75) is 44.2 Å². The molecular formula is C13H24N2O3. The molecule has 0 aromatic carbocycles. The molecule has 1 heterocycles. The van der Waals surface area contributed by atoms with Crippen molar-refractivity contribution in [2.24, 2.45) is 11.7 Å². The van der Waals surface area contributed by atoms with Gasteiger partial charge in [0.15, 0.2) is 0 Å². The third-order valence-electron chi connectivity index (χ3n) is 3.80. The zero-order valence-electron chi connectivity index (χ0n) is 10.9. The van der Waals surface area contributed by atoms with Gasteiger partial charge in [-0.1, -0.05) is 12.8 Å². The number of aliphatic hydroxyl groups excluding tert-OH is 1. The van der Waals surface area contributed by atoms with Crippen molar-refractivity contribution in [3.8, 4) is 0 Å². The van der Waals surface area contributed by atoms with Gasteiger partial charge in [-0.15, -0.1) is 0 Å². The van der Waals surface area contributed by atoms with E-state index in [1.165, 1.54) is 12.8 Å². The summed E-state index contributed by atoms with van der Waals surface area (Å²) in [6.07, 6.45) is 5.19. The molecule has 2 fully saturated rings. The molecule has 0 aromatic heterocycles. The minimum absolute atomic E-state index is 0.0609. The van der Waals surface area contributed by atoms with Crippen LogP contribution in [0.5, 0.6) is 0 Å². The molecule has 5 heteroatoms. The molecule has 1 saturated heterocycles. The number of ether oxygens (including phenoxy) is 1. The van der Waals surface area contributed by atoms with E-state index in [0.717, 1.165) is 32.4 Å². The maximum atomic E-state index is 12.1. The van der Waals surface area contributed by atoms with Crippen LogP contribution in [0.15, 0.2) is 0 Å². The van der Waals surface area contributed by atoms with E-state index < -0.39 is 0 Å².